The number of rotatable bonds is 56. The highest BCUT2D eigenvalue weighted by molar-refractivity contribution is 5.76. The molecule has 396 valence electrons. The third-order valence-electron chi connectivity index (χ3n) is 14.1. The van der Waals surface area contributed by atoms with Crippen LogP contribution in [0, 0.1) is 0 Å². The second-order valence-corrected chi connectivity index (χ2v) is 21.0. The summed E-state index contributed by atoms with van der Waals surface area (Å²) in [7, 11) is 0. The van der Waals surface area contributed by atoms with Gasteiger partial charge >= 0.3 is 0 Å². The highest BCUT2D eigenvalue weighted by Crippen LogP contribution is 2.18. The van der Waals surface area contributed by atoms with E-state index in [0.717, 1.165) is 32.1 Å². The fourth-order valence-corrected chi connectivity index (χ4v) is 9.53. The second-order valence-electron chi connectivity index (χ2n) is 21.0. The van der Waals surface area contributed by atoms with Gasteiger partial charge in [-0.1, -0.05) is 301 Å². The minimum absolute atomic E-state index is 0.00797. The van der Waals surface area contributed by atoms with Crippen molar-refractivity contribution in [2.24, 2.45) is 0 Å². The quantitative estimate of drug-likeness (QED) is 0.0361. The Balaban J connectivity index is 3.56. The monoisotopic (exact) mass is 942 g/mol. The van der Waals surface area contributed by atoms with Gasteiger partial charge < -0.3 is 20.6 Å². The third-order valence-corrected chi connectivity index (χ3v) is 14.1. The van der Waals surface area contributed by atoms with E-state index in [4.69, 9.17) is 0 Å². The number of allylic oxidation sites excluding steroid dienone is 5. The highest BCUT2D eigenvalue weighted by atomic mass is 16.3. The Morgan fingerprint density at radius 1 is 0.373 bits per heavy atom. The first-order valence-electron chi connectivity index (χ1n) is 30.3. The molecule has 0 aromatic heterocycles. The van der Waals surface area contributed by atoms with Gasteiger partial charge in [0, 0.05) is 0 Å². The number of unbranched alkanes of at least 4 members (excludes halogenated alkanes) is 43. The number of aliphatic hydroxyl groups is 3. The molecule has 0 saturated carbocycles. The summed E-state index contributed by atoms with van der Waals surface area (Å²) in [6, 6.07) is -0.762. The Morgan fingerprint density at radius 3 is 0.955 bits per heavy atom. The predicted octanol–water partition coefficient (Wildman–Crippen LogP) is 19.0. The first-order chi connectivity index (χ1) is 33.0. The van der Waals surface area contributed by atoms with Crippen molar-refractivity contribution in [3.8, 4) is 0 Å². The molecule has 5 heteroatoms. The van der Waals surface area contributed by atoms with E-state index in [-0.39, 0.29) is 18.9 Å². The Kier molecular flexibility index (Phi) is 55.9. The first kappa shape index (κ1) is 65.6. The van der Waals surface area contributed by atoms with Gasteiger partial charge in [0.05, 0.1) is 31.3 Å². The maximum atomic E-state index is 12.5. The summed E-state index contributed by atoms with van der Waals surface area (Å²) in [5.74, 6) is -0.320. The van der Waals surface area contributed by atoms with E-state index in [1.54, 1.807) is 6.08 Å². The summed E-state index contributed by atoms with van der Waals surface area (Å²) in [4.78, 5) is 12.5. The maximum absolute atomic E-state index is 12.5. The standard InChI is InChI=1S/C62H119NO4/c1-3-5-7-9-11-13-15-17-19-21-23-25-27-28-29-30-31-32-33-34-35-37-39-41-43-45-47-49-51-53-55-59(65)57-62(67)63-60(58-64)61(66)56-54-52-50-48-46-44-42-40-38-36-26-24-22-20-18-16-14-12-10-8-6-4-2/h28-29,46,48,54,56,59-61,64-66H,3-27,30-45,47,49-53,55,57-58H2,1-2H3,(H,63,67)/b29-28-,48-46+,56-54+. The molecule has 0 fully saturated rings. The largest absolute Gasteiger partial charge is 0.394 e. The molecule has 67 heavy (non-hydrogen) atoms. The molecule has 0 aliphatic carbocycles. The zero-order chi connectivity index (χ0) is 48.6. The van der Waals surface area contributed by atoms with Crippen LogP contribution in [-0.4, -0.2) is 46.1 Å². The molecular weight excluding hydrogens is 823 g/mol. The summed E-state index contributed by atoms with van der Waals surface area (Å²) < 4.78 is 0. The summed E-state index contributed by atoms with van der Waals surface area (Å²) in [6.07, 6.45) is 75.0. The number of nitrogens with one attached hydrogen (secondary N) is 1. The van der Waals surface area contributed by atoms with Gasteiger partial charge in [0.1, 0.15) is 0 Å². The minimum Gasteiger partial charge on any atom is -0.394 e. The molecule has 0 spiro atoms. The lowest BCUT2D eigenvalue weighted by atomic mass is 10.0. The Hall–Kier alpha value is -1.43. The van der Waals surface area contributed by atoms with E-state index in [9.17, 15) is 20.1 Å². The number of hydrogen-bond donors (Lipinski definition) is 4. The summed E-state index contributed by atoms with van der Waals surface area (Å²) in [5, 5.41) is 33.5. The lowest BCUT2D eigenvalue weighted by Gasteiger charge is -2.21. The van der Waals surface area contributed by atoms with Gasteiger partial charge in [0.25, 0.3) is 0 Å². The number of amides is 1. The minimum atomic E-state index is -0.952. The molecule has 0 bridgehead atoms. The fraction of sp³-hybridized carbons (Fsp3) is 0.887. The second kappa shape index (κ2) is 57.2. The summed E-state index contributed by atoms with van der Waals surface area (Å²) >= 11 is 0. The predicted molar refractivity (Wildman–Crippen MR) is 296 cm³/mol. The van der Waals surface area contributed by atoms with Crippen molar-refractivity contribution in [2.75, 3.05) is 6.61 Å². The van der Waals surface area contributed by atoms with Crippen LogP contribution in [0.25, 0.3) is 0 Å². The molecule has 1 amide bonds. The molecule has 3 atom stereocenters. The molecule has 5 nitrogen and oxygen atoms in total. The SMILES string of the molecule is CCCCCCCCCCCCCC/C=C\CCCCCCCCCCCCCCCCC(O)CC(=O)NC(CO)C(O)/C=C/CC/C=C/CCCCCCCCCCCCCCCCCC. The molecular formula is C62H119NO4. The Bertz CT molecular complexity index is 1040. The summed E-state index contributed by atoms with van der Waals surface area (Å²) in [6.45, 7) is 4.24. The Morgan fingerprint density at radius 2 is 0.642 bits per heavy atom. The number of aliphatic hydroxyl groups excluding tert-OH is 3. The van der Waals surface area contributed by atoms with Crippen LogP contribution in [0.5, 0.6) is 0 Å². The zero-order valence-electron chi connectivity index (χ0n) is 45.3. The van der Waals surface area contributed by atoms with Gasteiger partial charge in [-0.2, -0.15) is 0 Å². The number of carbonyl (C=O) groups excluding carboxylic acids is 1. The number of hydrogen-bond acceptors (Lipinski definition) is 4. The molecule has 3 unspecified atom stereocenters. The van der Waals surface area contributed by atoms with Crippen LogP contribution in [0.2, 0.25) is 0 Å². The molecule has 0 aliphatic heterocycles. The lowest BCUT2D eigenvalue weighted by Crippen LogP contribution is -2.45. The van der Waals surface area contributed by atoms with E-state index >= 15 is 0 Å². The maximum Gasteiger partial charge on any atom is 0.222 e. The van der Waals surface area contributed by atoms with E-state index in [2.05, 4.69) is 43.5 Å². The molecule has 0 rings (SSSR count). The molecule has 0 saturated heterocycles. The van der Waals surface area contributed by atoms with Crippen LogP contribution in [0.4, 0.5) is 0 Å². The van der Waals surface area contributed by atoms with Gasteiger partial charge in [-0.15, -0.1) is 0 Å². The van der Waals surface area contributed by atoms with Crippen LogP contribution < -0.4 is 5.32 Å². The molecule has 0 aromatic rings. The van der Waals surface area contributed by atoms with Crippen molar-refractivity contribution in [3.05, 3.63) is 36.5 Å². The molecule has 4 N–H and O–H groups in total. The van der Waals surface area contributed by atoms with Crippen molar-refractivity contribution in [2.45, 2.75) is 347 Å². The van der Waals surface area contributed by atoms with E-state index in [1.165, 1.54) is 270 Å². The smallest absolute Gasteiger partial charge is 0.222 e. The van der Waals surface area contributed by atoms with Crippen molar-refractivity contribution in [3.63, 3.8) is 0 Å². The van der Waals surface area contributed by atoms with Crippen LogP contribution >= 0.6 is 0 Å². The Labute approximate surface area is 419 Å². The van der Waals surface area contributed by atoms with Crippen molar-refractivity contribution in [1.82, 2.24) is 5.32 Å². The average molecular weight is 943 g/mol. The molecule has 0 heterocycles. The van der Waals surface area contributed by atoms with E-state index in [1.807, 2.05) is 6.08 Å². The summed E-state index contributed by atoms with van der Waals surface area (Å²) in [5.41, 5.74) is 0. The lowest BCUT2D eigenvalue weighted by molar-refractivity contribution is -0.124. The van der Waals surface area contributed by atoms with Gasteiger partial charge in [-0.05, 0) is 57.8 Å². The van der Waals surface area contributed by atoms with E-state index in [0.29, 0.717) is 6.42 Å². The normalized spacial score (nSPS) is 13.4. The topological polar surface area (TPSA) is 89.8 Å². The molecule has 0 aromatic carbocycles. The molecule has 0 aliphatic rings. The van der Waals surface area contributed by atoms with Gasteiger partial charge in [0.2, 0.25) is 5.91 Å². The van der Waals surface area contributed by atoms with Crippen LogP contribution in [-0.2, 0) is 4.79 Å². The number of carbonyl (C=O) groups is 1. The van der Waals surface area contributed by atoms with Crippen molar-refractivity contribution < 1.29 is 20.1 Å². The van der Waals surface area contributed by atoms with E-state index < -0.39 is 18.2 Å². The third kappa shape index (κ3) is 53.8. The highest BCUT2D eigenvalue weighted by Gasteiger charge is 2.20. The average Bonchev–Trinajstić information content (AvgIpc) is 3.32. The van der Waals surface area contributed by atoms with Crippen LogP contribution in [0.15, 0.2) is 36.5 Å². The van der Waals surface area contributed by atoms with Crippen molar-refractivity contribution in [1.29, 1.82) is 0 Å². The molecule has 0 radical (unpaired) electrons. The van der Waals surface area contributed by atoms with Crippen LogP contribution in [0.1, 0.15) is 328 Å². The first-order valence-corrected chi connectivity index (χ1v) is 30.3. The van der Waals surface area contributed by atoms with Gasteiger partial charge in [0.15, 0.2) is 0 Å². The zero-order valence-corrected chi connectivity index (χ0v) is 45.3. The van der Waals surface area contributed by atoms with Gasteiger partial charge in [-0.3, -0.25) is 4.79 Å². The van der Waals surface area contributed by atoms with Crippen molar-refractivity contribution >= 4 is 5.91 Å². The van der Waals surface area contributed by atoms with Gasteiger partial charge in [-0.25, -0.2) is 0 Å². The van der Waals surface area contributed by atoms with Crippen LogP contribution in [0.3, 0.4) is 0 Å². The fourth-order valence-electron chi connectivity index (χ4n) is 9.53.